The van der Waals surface area contributed by atoms with Crippen molar-refractivity contribution in [1.82, 2.24) is 43.9 Å². The maximum atomic E-state index is 12.5. The molecule has 1 fully saturated rings. The van der Waals surface area contributed by atoms with Crippen molar-refractivity contribution < 1.29 is 14.3 Å². The number of nitrogens with zero attached hydrogens (tertiary/aromatic N) is 9. The largest absolute Gasteiger partial charge is 0.444 e. The summed E-state index contributed by atoms with van der Waals surface area (Å²) in [7, 11) is 0.587. The van der Waals surface area contributed by atoms with E-state index in [9.17, 15) is 4.79 Å². The predicted molar refractivity (Wildman–Crippen MR) is 201 cm³/mol. The summed E-state index contributed by atoms with van der Waals surface area (Å²) in [5, 5.41) is 9.39. The summed E-state index contributed by atoms with van der Waals surface area (Å²) in [6.45, 7) is 19.7. The lowest BCUT2D eigenvalue weighted by Gasteiger charge is -2.35. The molecule has 15 heteroatoms. The molecule has 4 aromatic heterocycles. The van der Waals surface area contributed by atoms with Gasteiger partial charge in [0.25, 0.3) is 0 Å². The van der Waals surface area contributed by atoms with Crippen LogP contribution in [0.4, 0.5) is 10.7 Å². The smallest absolute Gasteiger partial charge is 0.410 e. The number of hydrogen-bond acceptors (Lipinski definition) is 10. The second-order valence-electron chi connectivity index (χ2n) is 15.2. The van der Waals surface area contributed by atoms with Gasteiger partial charge in [-0.1, -0.05) is 31.2 Å². The van der Waals surface area contributed by atoms with E-state index in [0.717, 1.165) is 77.9 Å². The summed E-state index contributed by atoms with van der Waals surface area (Å²) in [6, 6.07) is 7.13. The van der Waals surface area contributed by atoms with E-state index in [2.05, 4.69) is 45.5 Å². The van der Waals surface area contributed by atoms with E-state index in [1.165, 1.54) is 0 Å². The van der Waals surface area contributed by atoms with Crippen molar-refractivity contribution in [3.05, 3.63) is 41.1 Å². The highest BCUT2D eigenvalue weighted by atomic mass is 35.5. The Morgan fingerprint density at radius 3 is 2.48 bits per heavy atom. The molecule has 268 valence electrons. The number of halogens is 1. The van der Waals surface area contributed by atoms with Gasteiger partial charge in [0.15, 0.2) is 17.1 Å². The molecule has 1 aromatic carbocycles. The molecule has 13 nitrogen and oxygen atoms in total. The van der Waals surface area contributed by atoms with E-state index in [0.29, 0.717) is 48.5 Å². The lowest BCUT2D eigenvalue weighted by Crippen LogP contribution is -2.50. The predicted octanol–water partition coefficient (Wildman–Crippen LogP) is 6.49. The van der Waals surface area contributed by atoms with Gasteiger partial charge in [0.05, 0.1) is 16.1 Å². The van der Waals surface area contributed by atoms with Crippen LogP contribution in [0.15, 0.2) is 24.4 Å². The molecule has 1 N–H and O–H groups in total. The quantitative estimate of drug-likeness (QED) is 0.119. The van der Waals surface area contributed by atoms with Gasteiger partial charge in [-0.2, -0.15) is 9.50 Å². The van der Waals surface area contributed by atoms with Gasteiger partial charge >= 0.3 is 6.09 Å². The summed E-state index contributed by atoms with van der Waals surface area (Å²) in [5.41, 5.74) is 4.27. The number of aryl methyl sites for hydroxylation is 2. The number of aromatic nitrogens is 7. The zero-order valence-electron chi connectivity index (χ0n) is 30.5. The van der Waals surface area contributed by atoms with Crippen LogP contribution < -0.4 is 5.32 Å². The van der Waals surface area contributed by atoms with Gasteiger partial charge in [-0.3, -0.25) is 4.90 Å². The van der Waals surface area contributed by atoms with Crippen molar-refractivity contribution in [2.45, 2.75) is 78.6 Å². The molecule has 0 aliphatic carbocycles. The van der Waals surface area contributed by atoms with Gasteiger partial charge in [0.1, 0.15) is 18.2 Å². The third-order valence-electron chi connectivity index (χ3n) is 8.85. The van der Waals surface area contributed by atoms with Crippen LogP contribution in [0.5, 0.6) is 0 Å². The molecule has 0 spiro atoms. The Morgan fingerprint density at radius 2 is 1.78 bits per heavy atom. The number of benzene rings is 1. The standard InChI is InChI=1S/C35H49ClN10O3Si/c1-23-39-28-20-27(36)25(19-29(28)45(23)22-48-16-17-50(6,7)8)26-18-24-21-38-33(37-5)41-31(24)46-32(26)40-30(42-46)10-9-11-43-12-14-44(15-13-43)34(47)49-35(2,3)4/h18-21H,9-17,22H2,1-8H3,(H,37,38,41). The number of fused-ring (bicyclic) bond motifs is 4. The molecule has 1 amide bonds. The van der Waals surface area contributed by atoms with Crippen molar-refractivity contribution >= 4 is 59.4 Å². The lowest BCUT2D eigenvalue weighted by molar-refractivity contribution is 0.0144. The SMILES string of the molecule is CNc1ncc2cc(-c3cc4c(cc3Cl)nc(C)n4COCC[Si](C)(C)C)c3nc(CCCN4CCN(C(=O)OC(C)(C)C)CC4)nn3c2n1. The first-order chi connectivity index (χ1) is 23.7. The maximum absolute atomic E-state index is 12.5. The van der Waals surface area contributed by atoms with Crippen molar-refractivity contribution in [2.24, 2.45) is 0 Å². The van der Waals surface area contributed by atoms with E-state index in [4.69, 9.17) is 41.1 Å². The minimum Gasteiger partial charge on any atom is -0.444 e. The number of rotatable bonds is 11. The fourth-order valence-corrected chi connectivity index (χ4v) is 7.10. The van der Waals surface area contributed by atoms with Crippen LogP contribution in [0.1, 0.15) is 38.8 Å². The number of ether oxygens (including phenoxy) is 2. The molecule has 0 bridgehead atoms. The highest BCUT2D eigenvalue weighted by Crippen LogP contribution is 2.36. The first-order valence-corrected chi connectivity index (χ1v) is 21.5. The van der Waals surface area contributed by atoms with Crippen LogP contribution in [0.2, 0.25) is 30.7 Å². The van der Waals surface area contributed by atoms with E-state index in [1.54, 1.807) is 18.1 Å². The third kappa shape index (κ3) is 8.19. The first-order valence-electron chi connectivity index (χ1n) is 17.4. The molecular weight excluding hydrogens is 672 g/mol. The number of amides is 1. The second kappa shape index (κ2) is 14.4. The topological polar surface area (TPSA) is 128 Å². The van der Waals surface area contributed by atoms with Gasteiger partial charge in [0, 0.05) is 77.0 Å². The minimum absolute atomic E-state index is 0.246. The molecule has 6 rings (SSSR count). The molecule has 1 aliphatic heterocycles. The molecule has 1 saturated heterocycles. The molecule has 0 saturated carbocycles. The van der Waals surface area contributed by atoms with Gasteiger partial charge < -0.3 is 24.3 Å². The fourth-order valence-electron chi connectivity index (χ4n) is 6.09. The van der Waals surface area contributed by atoms with Gasteiger partial charge in [0.2, 0.25) is 5.95 Å². The summed E-state index contributed by atoms with van der Waals surface area (Å²) in [4.78, 5) is 35.7. The van der Waals surface area contributed by atoms with Crippen LogP contribution in [0, 0.1) is 6.92 Å². The summed E-state index contributed by atoms with van der Waals surface area (Å²) in [6.07, 6.45) is 3.11. The van der Waals surface area contributed by atoms with Crippen molar-refractivity contribution in [2.75, 3.05) is 51.7 Å². The minimum atomic E-state index is -1.21. The second-order valence-corrected chi connectivity index (χ2v) is 21.2. The zero-order valence-corrected chi connectivity index (χ0v) is 32.3. The van der Waals surface area contributed by atoms with Crippen LogP contribution in [-0.2, 0) is 22.6 Å². The normalized spacial score (nSPS) is 14.7. The Labute approximate surface area is 299 Å². The summed E-state index contributed by atoms with van der Waals surface area (Å²) < 4.78 is 15.6. The Hall–Kier alpha value is -3.85. The number of carbonyl (C=O) groups is 1. The van der Waals surface area contributed by atoms with E-state index in [-0.39, 0.29) is 6.09 Å². The third-order valence-corrected chi connectivity index (χ3v) is 10.9. The molecule has 0 atom stereocenters. The number of piperazine rings is 1. The number of pyridine rings is 1. The van der Waals surface area contributed by atoms with Crippen molar-refractivity contribution in [3.63, 3.8) is 0 Å². The molecule has 5 heterocycles. The number of nitrogens with one attached hydrogen (secondary N) is 1. The van der Waals surface area contributed by atoms with Crippen LogP contribution >= 0.6 is 11.6 Å². The average molecular weight is 721 g/mol. The van der Waals surface area contributed by atoms with E-state index in [1.807, 2.05) is 44.3 Å². The maximum Gasteiger partial charge on any atom is 0.410 e. The Kier molecular flexibility index (Phi) is 10.4. The van der Waals surface area contributed by atoms with E-state index < -0.39 is 13.7 Å². The Morgan fingerprint density at radius 1 is 1.02 bits per heavy atom. The van der Waals surface area contributed by atoms with Crippen LogP contribution in [-0.4, -0.2) is 110 Å². The number of hydrogen-bond donors (Lipinski definition) is 1. The molecular formula is C35H49ClN10O3Si. The zero-order chi connectivity index (χ0) is 35.8. The summed E-state index contributed by atoms with van der Waals surface area (Å²) in [5.74, 6) is 2.10. The lowest BCUT2D eigenvalue weighted by atomic mass is 10.0. The van der Waals surface area contributed by atoms with Crippen LogP contribution in [0.25, 0.3) is 38.8 Å². The molecule has 0 unspecified atom stereocenters. The molecule has 1 aliphatic rings. The molecule has 0 radical (unpaired) electrons. The molecule has 50 heavy (non-hydrogen) atoms. The highest BCUT2D eigenvalue weighted by molar-refractivity contribution is 6.76. The fraction of sp³-hybridized carbons (Fsp3) is 0.543. The van der Waals surface area contributed by atoms with Crippen molar-refractivity contribution in [3.8, 4) is 11.1 Å². The summed E-state index contributed by atoms with van der Waals surface area (Å²) >= 11 is 7.00. The first kappa shape index (κ1) is 36.0. The van der Waals surface area contributed by atoms with Crippen LogP contribution in [0.3, 0.4) is 0 Å². The Balaban J connectivity index is 1.26. The van der Waals surface area contributed by atoms with E-state index >= 15 is 0 Å². The molecule has 5 aromatic rings. The van der Waals surface area contributed by atoms with Crippen molar-refractivity contribution in [1.29, 1.82) is 0 Å². The van der Waals surface area contributed by atoms with Gasteiger partial charge in [-0.05, 0) is 64.9 Å². The number of imidazole rings is 1. The van der Waals surface area contributed by atoms with Gasteiger partial charge in [-0.15, -0.1) is 5.10 Å². The monoisotopic (exact) mass is 720 g/mol. The number of carbonyl (C=O) groups excluding carboxylic acids is 1. The highest BCUT2D eigenvalue weighted by Gasteiger charge is 2.26. The Bertz CT molecular complexity index is 2010. The number of anilines is 1. The van der Waals surface area contributed by atoms with Gasteiger partial charge in [-0.25, -0.2) is 19.7 Å². The average Bonchev–Trinajstić information content (AvgIpc) is 3.61.